The summed E-state index contributed by atoms with van der Waals surface area (Å²) in [5, 5.41) is 9.30. The maximum Gasteiger partial charge on any atom is 0.154 e. The van der Waals surface area contributed by atoms with Crippen LogP contribution >= 0.6 is 11.3 Å². The van der Waals surface area contributed by atoms with Crippen LogP contribution in [-0.4, -0.2) is 21.7 Å². The number of rotatable bonds is 4. The van der Waals surface area contributed by atoms with Crippen molar-refractivity contribution in [2.45, 2.75) is 0 Å². The van der Waals surface area contributed by atoms with Gasteiger partial charge in [0.2, 0.25) is 0 Å². The largest absolute Gasteiger partial charge is 0.497 e. The first-order valence-electron chi connectivity index (χ1n) is 8.55. The fourth-order valence-electron chi connectivity index (χ4n) is 3.04. The summed E-state index contributed by atoms with van der Waals surface area (Å²) in [6.45, 7) is 0. The first-order chi connectivity index (χ1) is 13.3. The molecule has 27 heavy (non-hydrogen) atoms. The summed E-state index contributed by atoms with van der Waals surface area (Å²) < 4.78 is 8.35. The van der Waals surface area contributed by atoms with Crippen LogP contribution in [-0.2, 0) is 0 Å². The molecule has 0 saturated heterocycles. The molecule has 3 aromatic heterocycles. The SMILES string of the molecule is COc1ccc(Nc2ccc3ncc(-c4cc5ccccc5s4)n3n2)cc1. The third-order valence-corrected chi connectivity index (χ3v) is 5.54. The van der Waals surface area contributed by atoms with Crippen molar-refractivity contribution >= 4 is 38.6 Å². The summed E-state index contributed by atoms with van der Waals surface area (Å²) in [5.74, 6) is 1.58. The number of thiophene rings is 1. The van der Waals surface area contributed by atoms with Gasteiger partial charge < -0.3 is 10.1 Å². The number of aromatic nitrogens is 3. The van der Waals surface area contributed by atoms with Crippen molar-refractivity contribution in [1.29, 1.82) is 0 Å². The maximum atomic E-state index is 5.20. The molecule has 2 aromatic carbocycles. The Balaban J connectivity index is 1.53. The van der Waals surface area contributed by atoms with Crippen molar-refractivity contribution < 1.29 is 4.74 Å². The van der Waals surface area contributed by atoms with Gasteiger partial charge >= 0.3 is 0 Å². The summed E-state index contributed by atoms with van der Waals surface area (Å²) in [4.78, 5) is 5.65. The van der Waals surface area contributed by atoms with E-state index in [0.29, 0.717) is 0 Å². The molecule has 6 heteroatoms. The van der Waals surface area contributed by atoms with Crippen molar-refractivity contribution in [2.75, 3.05) is 12.4 Å². The van der Waals surface area contributed by atoms with E-state index in [1.165, 1.54) is 10.1 Å². The molecule has 0 bridgehead atoms. The van der Waals surface area contributed by atoms with Gasteiger partial charge in [0.15, 0.2) is 11.5 Å². The quantitative estimate of drug-likeness (QED) is 0.461. The molecule has 0 unspecified atom stereocenters. The zero-order valence-corrected chi connectivity index (χ0v) is 15.4. The normalized spacial score (nSPS) is 11.1. The molecule has 5 nitrogen and oxygen atoms in total. The van der Waals surface area contributed by atoms with Crippen LogP contribution in [0.2, 0.25) is 0 Å². The van der Waals surface area contributed by atoms with Crippen molar-refractivity contribution in [2.24, 2.45) is 0 Å². The molecule has 0 saturated carbocycles. The van der Waals surface area contributed by atoms with Crippen LogP contribution in [0.25, 0.3) is 26.3 Å². The van der Waals surface area contributed by atoms with Crippen molar-refractivity contribution in [1.82, 2.24) is 14.6 Å². The van der Waals surface area contributed by atoms with Crippen molar-refractivity contribution in [3.8, 4) is 16.3 Å². The number of methoxy groups -OCH3 is 1. The van der Waals surface area contributed by atoms with Gasteiger partial charge in [-0.1, -0.05) is 18.2 Å². The van der Waals surface area contributed by atoms with E-state index in [2.05, 4.69) is 40.6 Å². The first kappa shape index (κ1) is 15.8. The Morgan fingerprint density at radius 3 is 2.67 bits per heavy atom. The van der Waals surface area contributed by atoms with Gasteiger partial charge in [-0.15, -0.1) is 16.4 Å². The minimum Gasteiger partial charge on any atom is -0.497 e. The highest BCUT2D eigenvalue weighted by molar-refractivity contribution is 7.22. The second kappa shape index (κ2) is 6.41. The minimum absolute atomic E-state index is 0.757. The van der Waals surface area contributed by atoms with Crippen LogP contribution < -0.4 is 10.1 Å². The number of benzene rings is 2. The minimum atomic E-state index is 0.757. The number of hydrogen-bond acceptors (Lipinski definition) is 5. The van der Waals surface area contributed by atoms with Crippen molar-refractivity contribution in [3.05, 3.63) is 72.9 Å². The van der Waals surface area contributed by atoms with Gasteiger partial charge in [-0.3, -0.25) is 0 Å². The van der Waals surface area contributed by atoms with Gasteiger partial charge in [-0.25, -0.2) is 9.50 Å². The van der Waals surface area contributed by atoms with Crippen LogP contribution in [0.15, 0.2) is 72.9 Å². The Kier molecular flexibility index (Phi) is 3.76. The average molecular weight is 372 g/mol. The first-order valence-corrected chi connectivity index (χ1v) is 9.37. The zero-order valence-electron chi connectivity index (χ0n) is 14.6. The van der Waals surface area contributed by atoms with Gasteiger partial charge in [0.05, 0.1) is 18.2 Å². The standard InChI is InChI=1S/C21H16N4OS/c1-26-16-8-6-15(7-9-16)23-20-10-11-21-22-13-17(25(21)24-20)19-12-14-4-2-3-5-18(14)27-19/h2-13H,1H3,(H,23,24). The van der Waals surface area contributed by atoms with E-state index < -0.39 is 0 Å². The summed E-state index contributed by atoms with van der Waals surface area (Å²) in [6.07, 6.45) is 1.88. The molecule has 0 amide bonds. The summed E-state index contributed by atoms with van der Waals surface area (Å²) in [5.41, 5.74) is 2.76. The molecule has 0 atom stereocenters. The Morgan fingerprint density at radius 2 is 1.85 bits per heavy atom. The van der Waals surface area contributed by atoms with Crippen LogP contribution in [0.4, 0.5) is 11.5 Å². The number of imidazole rings is 1. The highest BCUT2D eigenvalue weighted by atomic mass is 32.1. The molecular formula is C21H16N4OS. The fraction of sp³-hybridized carbons (Fsp3) is 0.0476. The molecule has 5 aromatic rings. The number of hydrogen-bond donors (Lipinski definition) is 1. The van der Waals surface area contributed by atoms with Crippen LogP contribution in [0.3, 0.4) is 0 Å². The molecule has 0 aliphatic rings. The molecule has 0 aliphatic carbocycles. The molecule has 0 aliphatic heterocycles. The van der Waals surface area contributed by atoms with E-state index in [4.69, 9.17) is 9.84 Å². The molecule has 1 N–H and O–H groups in total. The summed E-state index contributed by atoms with van der Waals surface area (Å²) in [7, 11) is 1.66. The molecule has 3 heterocycles. The predicted molar refractivity (Wildman–Crippen MR) is 110 cm³/mol. The predicted octanol–water partition coefficient (Wildman–Crippen LogP) is 5.36. The number of nitrogens with one attached hydrogen (secondary N) is 1. The highest BCUT2D eigenvalue weighted by Crippen LogP contribution is 2.33. The van der Waals surface area contributed by atoms with Gasteiger partial charge in [0, 0.05) is 10.4 Å². The van der Waals surface area contributed by atoms with Crippen LogP contribution in [0, 0.1) is 0 Å². The van der Waals surface area contributed by atoms with E-state index in [-0.39, 0.29) is 0 Å². The number of anilines is 2. The third-order valence-electron chi connectivity index (χ3n) is 4.40. The second-order valence-electron chi connectivity index (χ2n) is 6.13. The highest BCUT2D eigenvalue weighted by Gasteiger charge is 2.11. The third kappa shape index (κ3) is 2.90. The Hall–Kier alpha value is -3.38. The Labute approximate surface area is 159 Å². The monoisotopic (exact) mass is 372 g/mol. The second-order valence-corrected chi connectivity index (χ2v) is 7.22. The lowest BCUT2D eigenvalue weighted by atomic mass is 10.2. The average Bonchev–Trinajstić information content (AvgIpc) is 3.32. The zero-order chi connectivity index (χ0) is 18.2. The van der Waals surface area contributed by atoms with Gasteiger partial charge in [-0.05, 0) is 53.9 Å². The molecule has 0 radical (unpaired) electrons. The smallest absolute Gasteiger partial charge is 0.154 e. The molecule has 132 valence electrons. The topological polar surface area (TPSA) is 51.5 Å². The number of fused-ring (bicyclic) bond motifs is 2. The molecular weight excluding hydrogens is 356 g/mol. The lowest BCUT2D eigenvalue weighted by Crippen LogP contribution is -1.99. The van der Waals surface area contributed by atoms with Crippen LogP contribution in [0.1, 0.15) is 0 Å². The van der Waals surface area contributed by atoms with Gasteiger partial charge in [-0.2, -0.15) is 0 Å². The lowest BCUT2D eigenvalue weighted by molar-refractivity contribution is 0.415. The van der Waals surface area contributed by atoms with Crippen molar-refractivity contribution in [3.63, 3.8) is 0 Å². The Morgan fingerprint density at radius 1 is 1.00 bits per heavy atom. The molecule has 0 spiro atoms. The molecule has 0 fully saturated rings. The maximum absolute atomic E-state index is 5.20. The fourth-order valence-corrected chi connectivity index (χ4v) is 4.10. The van der Waals surface area contributed by atoms with E-state index in [0.717, 1.165) is 33.5 Å². The van der Waals surface area contributed by atoms with Gasteiger partial charge in [0.25, 0.3) is 0 Å². The lowest BCUT2D eigenvalue weighted by Gasteiger charge is -2.07. The summed E-state index contributed by atoms with van der Waals surface area (Å²) >= 11 is 1.75. The van der Waals surface area contributed by atoms with Gasteiger partial charge in [0.1, 0.15) is 11.4 Å². The van der Waals surface area contributed by atoms with E-state index in [9.17, 15) is 0 Å². The van der Waals surface area contributed by atoms with E-state index in [1.807, 2.05) is 47.1 Å². The van der Waals surface area contributed by atoms with Crippen LogP contribution in [0.5, 0.6) is 5.75 Å². The number of ether oxygens (including phenoxy) is 1. The summed E-state index contributed by atoms with van der Waals surface area (Å²) in [6, 6.07) is 22.2. The van der Waals surface area contributed by atoms with E-state index >= 15 is 0 Å². The Bertz CT molecular complexity index is 1210. The van der Waals surface area contributed by atoms with E-state index in [1.54, 1.807) is 18.4 Å². The number of nitrogens with zero attached hydrogens (tertiary/aromatic N) is 3. The molecule has 5 rings (SSSR count).